The molecule has 1 heterocycles. The zero-order chi connectivity index (χ0) is 22.1. The van der Waals surface area contributed by atoms with Crippen LogP contribution >= 0.6 is 0 Å². The van der Waals surface area contributed by atoms with E-state index in [0.717, 1.165) is 35.2 Å². The number of benzene rings is 2. The van der Waals surface area contributed by atoms with Crippen LogP contribution in [0.25, 0.3) is 5.57 Å². The average Bonchev–Trinajstić information content (AvgIpc) is 2.81. The molecule has 1 saturated heterocycles. The van der Waals surface area contributed by atoms with Crippen molar-refractivity contribution in [1.82, 2.24) is 4.90 Å². The number of likely N-dealkylation sites (tertiary alicyclic amines) is 1. The number of phenolic OH excluding ortho intramolecular Hbond substituents is 1. The van der Waals surface area contributed by atoms with Crippen LogP contribution in [-0.4, -0.2) is 29.6 Å². The number of aromatic hydroxyl groups is 1. The van der Waals surface area contributed by atoms with E-state index >= 15 is 0 Å². The van der Waals surface area contributed by atoms with Crippen molar-refractivity contribution in [3.8, 4) is 5.75 Å². The van der Waals surface area contributed by atoms with Crippen LogP contribution in [0.2, 0.25) is 0 Å². The Morgan fingerprint density at radius 3 is 2.42 bits per heavy atom. The van der Waals surface area contributed by atoms with Crippen LogP contribution in [-0.2, 0) is 0 Å². The largest absolute Gasteiger partial charge is 0.508 e. The van der Waals surface area contributed by atoms with Crippen molar-refractivity contribution in [2.24, 2.45) is 0 Å². The van der Waals surface area contributed by atoms with E-state index in [4.69, 9.17) is 0 Å². The fourth-order valence-electron chi connectivity index (χ4n) is 4.23. The Hall–Kier alpha value is -2.84. The zero-order valence-electron chi connectivity index (χ0n) is 18.9. The van der Waals surface area contributed by atoms with Gasteiger partial charge >= 0.3 is 0 Å². The van der Waals surface area contributed by atoms with Gasteiger partial charge < -0.3 is 10.0 Å². The Labute approximate surface area is 187 Å². The smallest absolute Gasteiger partial charge is 0.116 e. The van der Waals surface area contributed by atoms with Crippen LogP contribution < -0.4 is 0 Å². The van der Waals surface area contributed by atoms with Gasteiger partial charge in [-0.3, -0.25) is 0 Å². The molecule has 162 valence electrons. The van der Waals surface area contributed by atoms with Gasteiger partial charge in [0.15, 0.2) is 0 Å². The lowest BCUT2D eigenvalue weighted by Gasteiger charge is -2.31. The third-order valence-corrected chi connectivity index (χ3v) is 6.05. The second kappa shape index (κ2) is 11.5. The molecule has 0 spiro atoms. The Morgan fingerprint density at radius 1 is 1.06 bits per heavy atom. The summed E-state index contributed by atoms with van der Waals surface area (Å²) in [6.07, 6.45) is 13.7. The van der Waals surface area contributed by atoms with Gasteiger partial charge in [-0.25, -0.2) is 0 Å². The van der Waals surface area contributed by atoms with Gasteiger partial charge in [0.05, 0.1) is 0 Å². The quantitative estimate of drug-likeness (QED) is 0.466. The van der Waals surface area contributed by atoms with Gasteiger partial charge in [-0.1, -0.05) is 81.1 Å². The van der Waals surface area contributed by atoms with Gasteiger partial charge in [0.2, 0.25) is 0 Å². The molecule has 0 bridgehead atoms. The van der Waals surface area contributed by atoms with Crippen LogP contribution in [0.1, 0.15) is 55.7 Å². The van der Waals surface area contributed by atoms with Crippen molar-refractivity contribution in [2.45, 2.75) is 39.0 Å². The summed E-state index contributed by atoms with van der Waals surface area (Å²) in [5, 5.41) is 10.1. The van der Waals surface area contributed by atoms with Crippen molar-refractivity contribution in [3.05, 3.63) is 108 Å². The average molecular weight is 414 g/mol. The molecule has 2 aromatic carbocycles. The van der Waals surface area contributed by atoms with Gasteiger partial charge in [0, 0.05) is 0 Å². The first-order valence-corrected chi connectivity index (χ1v) is 11.5. The second-order valence-electron chi connectivity index (χ2n) is 8.15. The van der Waals surface area contributed by atoms with Gasteiger partial charge in [0.1, 0.15) is 5.75 Å². The molecule has 0 aliphatic carbocycles. The zero-order valence-corrected chi connectivity index (χ0v) is 18.9. The minimum absolute atomic E-state index is 0.279. The summed E-state index contributed by atoms with van der Waals surface area (Å²) in [6, 6.07) is 16.5. The van der Waals surface area contributed by atoms with E-state index in [1.807, 2.05) is 24.3 Å². The number of nitrogens with zero attached hydrogens (tertiary/aromatic N) is 1. The van der Waals surface area contributed by atoms with Crippen molar-refractivity contribution in [2.75, 3.05) is 19.6 Å². The number of hydrogen-bond donors (Lipinski definition) is 1. The molecule has 0 amide bonds. The predicted octanol–water partition coefficient (Wildman–Crippen LogP) is 7.10. The molecule has 0 unspecified atom stereocenters. The highest BCUT2D eigenvalue weighted by molar-refractivity contribution is 5.82. The van der Waals surface area contributed by atoms with Crippen molar-refractivity contribution < 1.29 is 5.11 Å². The summed E-state index contributed by atoms with van der Waals surface area (Å²) in [6.45, 7) is 11.8. The molecule has 2 heteroatoms. The van der Waals surface area contributed by atoms with Gasteiger partial charge in [0.25, 0.3) is 0 Å². The highest BCUT2D eigenvalue weighted by Crippen LogP contribution is 2.32. The Bertz CT molecular complexity index is 941. The monoisotopic (exact) mass is 413 g/mol. The lowest BCUT2D eigenvalue weighted by molar-refractivity contribution is 0.222. The van der Waals surface area contributed by atoms with E-state index in [1.165, 1.54) is 31.5 Å². The van der Waals surface area contributed by atoms with E-state index in [9.17, 15) is 5.11 Å². The molecule has 0 aromatic heterocycles. The molecule has 1 fully saturated rings. The molecule has 1 aliphatic heterocycles. The third-order valence-electron chi connectivity index (χ3n) is 6.05. The highest BCUT2D eigenvalue weighted by atomic mass is 16.3. The molecule has 0 saturated carbocycles. The second-order valence-corrected chi connectivity index (χ2v) is 8.15. The molecule has 2 nitrogen and oxygen atoms in total. The van der Waals surface area contributed by atoms with Crippen LogP contribution in [0.15, 0.2) is 91.1 Å². The van der Waals surface area contributed by atoms with Crippen LogP contribution in [0.3, 0.4) is 0 Å². The number of phenols is 1. The van der Waals surface area contributed by atoms with E-state index in [0.29, 0.717) is 5.92 Å². The first-order valence-electron chi connectivity index (χ1n) is 11.5. The van der Waals surface area contributed by atoms with E-state index in [-0.39, 0.29) is 5.75 Å². The molecule has 2 aromatic rings. The number of piperidine rings is 1. The number of hydrogen-bond acceptors (Lipinski definition) is 2. The van der Waals surface area contributed by atoms with Crippen molar-refractivity contribution >= 4 is 5.57 Å². The van der Waals surface area contributed by atoms with Crippen LogP contribution in [0.4, 0.5) is 0 Å². The molecule has 3 rings (SSSR count). The molecule has 0 radical (unpaired) electrons. The first-order chi connectivity index (χ1) is 15.1. The van der Waals surface area contributed by atoms with E-state index in [2.05, 4.69) is 73.9 Å². The summed E-state index contributed by atoms with van der Waals surface area (Å²) in [7, 11) is 0. The lowest BCUT2D eigenvalue weighted by atomic mass is 9.87. The maximum absolute atomic E-state index is 10.1. The summed E-state index contributed by atoms with van der Waals surface area (Å²) < 4.78 is 0. The first kappa shape index (κ1) is 22.8. The van der Waals surface area contributed by atoms with E-state index in [1.54, 1.807) is 6.07 Å². The SMILES string of the molecule is C=C/C=C(\C=C/CC)/C=C(\c1ccc(C2CCN(CC)CC2)cc1)c1cccc(O)c1. The van der Waals surface area contributed by atoms with Crippen LogP contribution in [0.5, 0.6) is 5.75 Å². The number of rotatable bonds is 8. The number of allylic oxidation sites excluding steroid dienone is 6. The van der Waals surface area contributed by atoms with Crippen molar-refractivity contribution in [3.63, 3.8) is 0 Å². The maximum atomic E-state index is 10.1. The molecule has 1 aliphatic rings. The topological polar surface area (TPSA) is 23.5 Å². The van der Waals surface area contributed by atoms with Crippen molar-refractivity contribution in [1.29, 1.82) is 0 Å². The van der Waals surface area contributed by atoms with Gasteiger partial charge in [-0.2, -0.15) is 0 Å². The maximum Gasteiger partial charge on any atom is 0.116 e. The standard InChI is InChI=1S/C29H35NO/c1-4-7-10-23(9-5-2)21-29(27-11-8-12-28(31)22-27)26-15-13-24(14-16-26)25-17-19-30(6-3)20-18-25/h5,7-16,21-22,25,31H,2,4,6,17-20H2,1,3H3/b10-7-,23-9+,29-21+. The Morgan fingerprint density at radius 2 is 1.81 bits per heavy atom. The Balaban J connectivity index is 1.94. The third kappa shape index (κ3) is 6.32. The molecular weight excluding hydrogens is 378 g/mol. The minimum Gasteiger partial charge on any atom is -0.508 e. The summed E-state index contributed by atoms with van der Waals surface area (Å²) in [5.41, 5.74) is 5.77. The van der Waals surface area contributed by atoms with Gasteiger partial charge in [-0.15, -0.1) is 0 Å². The van der Waals surface area contributed by atoms with Gasteiger partial charge in [-0.05, 0) is 90.9 Å². The fourth-order valence-corrected chi connectivity index (χ4v) is 4.23. The molecule has 0 atom stereocenters. The van der Waals surface area contributed by atoms with E-state index < -0.39 is 0 Å². The minimum atomic E-state index is 0.279. The van der Waals surface area contributed by atoms with Crippen LogP contribution in [0, 0.1) is 0 Å². The summed E-state index contributed by atoms with van der Waals surface area (Å²) in [4.78, 5) is 2.53. The fraction of sp³-hybridized carbons (Fsp3) is 0.310. The normalized spacial score (nSPS) is 16.7. The Kier molecular flexibility index (Phi) is 8.49. The predicted molar refractivity (Wildman–Crippen MR) is 133 cm³/mol. The molecular formula is C29H35NO. The lowest BCUT2D eigenvalue weighted by Crippen LogP contribution is -2.32. The summed E-state index contributed by atoms with van der Waals surface area (Å²) in [5.74, 6) is 0.926. The molecule has 31 heavy (non-hydrogen) atoms. The highest BCUT2D eigenvalue weighted by Gasteiger charge is 2.19. The molecule has 1 N–H and O–H groups in total. The summed E-state index contributed by atoms with van der Waals surface area (Å²) >= 11 is 0.